The zero-order valence-electron chi connectivity index (χ0n) is 4.94. The average molecular weight is 107 g/mol. The molecule has 3 N–H and O–H groups in total. The van der Waals surface area contributed by atoms with Crippen LogP contribution in [-0.2, 0) is 0 Å². The van der Waals surface area contributed by atoms with Gasteiger partial charge in [-0.15, -0.1) is 0 Å². The maximum Gasteiger partial charge on any atom is -0.0148 e. The molecule has 0 atom stereocenters. The quantitative estimate of drug-likeness (QED) is 0.550. The van der Waals surface area contributed by atoms with E-state index in [1.54, 1.807) is 0 Å². The molecule has 1 heteroatoms. The minimum absolute atomic E-state index is 0. The van der Waals surface area contributed by atoms with E-state index in [9.17, 15) is 0 Å². The first-order valence-corrected chi connectivity index (χ1v) is 2.49. The van der Waals surface area contributed by atoms with Gasteiger partial charge in [-0.05, 0) is 29.7 Å². The van der Waals surface area contributed by atoms with Gasteiger partial charge in [0.2, 0.25) is 0 Å². The molecule has 1 nitrogen and oxygen atoms in total. The molecule has 0 aliphatic heterocycles. The van der Waals surface area contributed by atoms with Crippen LogP contribution in [0.3, 0.4) is 0 Å². The highest BCUT2D eigenvalue weighted by molar-refractivity contribution is 5.84. The highest BCUT2D eigenvalue weighted by Crippen LogP contribution is 2.37. The van der Waals surface area contributed by atoms with Crippen molar-refractivity contribution in [2.24, 2.45) is 0 Å². The molecule has 8 heavy (non-hydrogen) atoms. The van der Waals surface area contributed by atoms with Gasteiger partial charge in [0.15, 0.2) is 0 Å². The molecule has 0 aromatic carbocycles. The highest BCUT2D eigenvalue weighted by Gasteiger charge is 2.12. The molecule has 42 valence electrons. The van der Waals surface area contributed by atoms with Gasteiger partial charge in [0, 0.05) is 0 Å². The number of benzene rings is 1. The molecule has 2 aliphatic rings. The fourth-order valence-corrected chi connectivity index (χ4v) is 0.903. The summed E-state index contributed by atoms with van der Waals surface area (Å²) in [5.74, 6) is 0. The van der Waals surface area contributed by atoms with Gasteiger partial charge in [0.1, 0.15) is 0 Å². The van der Waals surface area contributed by atoms with Crippen molar-refractivity contribution in [1.29, 1.82) is 0 Å². The van der Waals surface area contributed by atoms with E-state index in [2.05, 4.69) is 25.1 Å². The Morgan fingerprint density at radius 2 is 2.00 bits per heavy atom. The highest BCUT2D eigenvalue weighted by atomic mass is 14.2. The molecule has 0 aromatic rings. The summed E-state index contributed by atoms with van der Waals surface area (Å²) in [7, 11) is 0. The molecule has 0 saturated carbocycles. The molecule has 0 spiro atoms. The Hall–Kier alpha value is -0.820. The molecule has 0 bridgehead atoms. The predicted octanol–water partition coefficient (Wildman–Crippen LogP) is 2.14. The first-order chi connectivity index (χ1) is 3.38. The molecular formula is C7H9N. The summed E-state index contributed by atoms with van der Waals surface area (Å²) in [6.45, 7) is 2.14. The van der Waals surface area contributed by atoms with Crippen molar-refractivity contribution in [2.75, 3.05) is 0 Å². The van der Waals surface area contributed by atoms with E-state index < -0.39 is 0 Å². The summed E-state index contributed by atoms with van der Waals surface area (Å²) in [5, 5.41) is 0. The van der Waals surface area contributed by atoms with Crippen LogP contribution in [0.4, 0.5) is 0 Å². The first kappa shape index (κ1) is 5.32. The van der Waals surface area contributed by atoms with E-state index in [1.807, 2.05) is 0 Å². The van der Waals surface area contributed by atoms with Crippen molar-refractivity contribution in [3.05, 3.63) is 23.8 Å². The van der Waals surface area contributed by atoms with Crippen molar-refractivity contribution in [2.45, 2.75) is 6.92 Å². The number of fused-ring (bicyclic) bond motifs is 1. The summed E-state index contributed by atoms with van der Waals surface area (Å²) < 4.78 is 0. The fraction of sp³-hybridized carbons (Fsp3) is 0.143. The molecule has 0 radical (unpaired) electrons. The summed E-state index contributed by atoms with van der Waals surface area (Å²) in [6.07, 6.45) is 0. The minimum Gasteiger partial charge on any atom is -0.344 e. The molecule has 0 unspecified atom stereocenters. The third kappa shape index (κ3) is 0.450. The summed E-state index contributed by atoms with van der Waals surface area (Å²) in [6, 6.07) is 6.52. The molecule has 2 rings (SSSR count). The Morgan fingerprint density at radius 1 is 1.25 bits per heavy atom. The van der Waals surface area contributed by atoms with Gasteiger partial charge < -0.3 is 6.15 Å². The van der Waals surface area contributed by atoms with Gasteiger partial charge in [-0.3, -0.25) is 0 Å². The van der Waals surface area contributed by atoms with Gasteiger partial charge in [-0.2, -0.15) is 0 Å². The van der Waals surface area contributed by atoms with E-state index in [1.165, 1.54) is 16.7 Å². The van der Waals surface area contributed by atoms with E-state index in [-0.39, 0.29) is 6.15 Å². The van der Waals surface area contributed by atoms with Crippen LogP contribution in [-0.4, -0.2) is 0 Å². The van der Waals surface area contributed by atoms with Crippen molar-refractivity contribution in [3.63, 3.8) is 0 Å². The molecule has 0 heterocycles. The lowest BCUT2D eigenvalue weighted by Crippen LogP contribution is -1.51. The molecule has 2 aliphatic carbocycles. The van der Waals surface area contributed by atoms with Crippen molar-refractivity contribution >= 4 is 0 Å². The molecule has 0 aromatic heterocycles. The monoisotopic (exact) mass is 107 g/mol. The molecule has 0 saturated heterocycles. The summed E-state index contributed by atoms with van der Waals surface area (Å²) in [4.78, 5) is 0. The van der Waals surface area contributed by atoms with Crippen LogP contribution in [0, 0.1) is 6.92 Å². The zero-order chi connectivity index (χ0) is 4.85. The van der Waals surface area contributed by atoms with Crippen molar-refractivity contribution < 1.29 is 0 Å². The maximum atomic E-state index is 2.20. The summed E-state index contributed by atoms with van der Waals surface area (Å²) >= 11 is 0. The van der Waals surface area contributed by atoms with E-state index in [0.29, 0.717) is 0 Å². The smallest absolute Gasteiger partial charge is 0.0148 e. The Kier molecular flexibility index (Phi) is 0.882. The van der Waals surface area contributed by atoms with Crippen LogP contribution in [0.5, 0.6) is 0 Å². The maximum absolute atomic E-state index is 2.20. The Balaban J connectivity index is 0.000000320. The minimum atomic E-state index is 0. The number of aryl methyl sites for hydroxylation is 1. The largest absolute Gasteiger partial charge is 0.344 e. The second-order valence-electron chi connectivity index (χ2n) is 2.03. The first-order valence-electron chi connectivity index (χ1n) is 2.49. The lowest BCUT2D eigenvalue weighted by molar-refractivity contribution is 1.57. The normalized spacial score (nSPS) is 10.1. The van der Waals surface area contributed by atoms with Crippen LogP contribution in [0.25, 0.3) is 11.1 Å². The van der Waals surface area contributed by atoms with Gasteiger partial charge in [0.25, 0.3) is 0 Å². The second kappa shape index (κ2) is 1.33. The van der Waals surface area contributed by atoms with Crippen LogP contribution in [0.2, 0.25) is 0 Å². The number of hydrogen-bond donors (Lipinski definition) is 1. The Bertz CT molecular complexity index is 216. The van der Waals surface area contributed by atoms with Crippen LogP contribution < -0.4 is 6.15 Å². The van der Waals surface area contributed by atoms with Crippen LogP contribution >= 0.6 is 0 Å². The lowest BCUT2D eigenvalue weighted by Gasteiger charge is -1.71. The van der Waals surface area contributed by atoms with E-state index >= 15 is 0 Å². The van der Waals surface area contributed by atoms with Gasteiger partial charge >= 0.3 is 0 Å². The molecular weight excluding hydrogens is 98.1 g/mol. The van der Waals surface area contributed by atoms with Crippen LogP contribution in [0.15, 0.2) is 18.2 Å². The van der Waals surface area contributed by atoms with Gasteiger partial charge in [0.05, 0.1) is 0 Å². The van der Waals surface area contributed by atoms with E-state index in [0.717, 1.165) is 0 Å². The second-order valence-corrected chi connectivity index (χ2v) is 2.03. The Morgan fingerprint density at radius 3 is 2.12 bits per heavy atom. The summed E-state index contributed by atoms with van der Waals surface area (Å²) in [5.41, 5.74) is 4.34. The van der Waals surface area contributed by atoms with Gasteiger partial charge in [-0.25, -0.2) is 0 Å². The average Bonchev–Trinajstić information content (AvgIpc) is 2.33. The molecule has 0 fully saturated rings. The topological polar surface area (TPSA) is 35.0 Å². The lowest BCUT2D eigenvalue weighted by atomic mass is 10.3. The third-order valence-electron chi connectivity index (χ3n) is 1.47. The zero-order valence-corrected chi connectivity index (χ0v) is 4.94. The van der Waals surface area contributed by atoms with Gasteiger partial charge in [-0.1, -0.05) is 12.1 Å². The standard InChI is InChI=1S/C7H6.H3N/c1-5-2-3-6-4-7(5)6;/h2-4H,1H3;1H3. The number of hydrogen-bond acceptors (Lipinski definition) is 1. The number of rotatable bonds is 0. The van der Waals surface area contributed by atoms with Crippen LogP contribution in [0.1, 0.15) is 5.56 Å². The predicted molar refractivity (Wildman–Crippen MR) is 35.2 cm³/mol. The Labute approximate surface area is 48.9 Å². The van der Waals surface area contributed by atoms with Crippen molar-refractivity contribution in [1.82, 2.24) is 6.15 Å². The van der Waals surface area contributed by atoms with E-state index in [4.69, 9.17) is 0 Å². The fourth-order valence-electron chi connectivity index (χ4n) is 0.903. The molecule has 0 amide bonds. The SMILES string of the molecule is Cc1ccc2cc1-2.N. The third-order valence-corrected chi connectivity index (χ3v) is 1.47. The van der Waals surface area contributed by atoms with Crippen molar-refractivity contribution in [3.8, 4) is 11.1 Å².